The molecule has 0 aliphatic carbocycles. The molecular weight excluding hydrogens is 606 g/mol. The van der Waals surface area contributed by atoms with Crippen LogP contribution in [0.4, 0.5) is 11.4 Å². The topological polar surface area (TPSA) is 125 Å². The number of nitrogens with zero attached hydrogens (tertiary/aromatic N) is 2. The van der Waals surface area contributed by atoms with E-state index in [4.69, 9.17) is 14.6 Å². The summed E-state index contributed by atoms with van der Waals surface area (Å²) >= 11 is 0. The second kappa shape index (κ2) is 15.8. The third-order valence-electron chi connectivity index (χ3n) is 7.12. The van der Waals surface area contributed by atoms with E-state index in [1.165, 1.54) is 11.9 Å². The van der Waals surface area contributed by atoms with Crippen LogP contribution in [-0.4, -0.2) is 56.8 Å². The first kappa shape index (κ1) is 33.9. The first-order chi connectivity index (χ1) is 22.0. The number of anilines is 2. The second-order valence-electron chi connectivity index (χ2n) is 11.0. The molecule has 4 rings (SSSR count). The Bertz CT molecular complexity index is 1710. The van der Waals surface area contributed by atoms with Crippen molar-refractivity contribution in [2.75, 3.05) is 36.1 Å². The summed E-state index contributed by atoms with van der Waals surface area (Å²) in [6.07, 6.45) is 1.82. The minimum atomic E-state index is -3.42. The smallest absolute Gasteiger partial charge is 0.323 e. The van der Waals surface area contributed by atoms with E-state index in [2.05, 4.69) is 21.8 Å². The number of hydrogen-bond donors (Lipinski definition) is 2. The van der Waals surface area contributed by atoms with Gasteiger partial charge in [0.1, 0.15) is 23.8 Å². The molecule has 4 aromatic rings. The van der Waals surface area contributed by atoms with Gasteiger partial charge in [0, 0.05) is 32.2 Å². The monoisotopic (exact) mass is 645 g/mol. The van der Waals surface area contributed by atoms with Gasteiger partial charge in [-0.1, -0.05) is 48.5 Å². The SMILES string of the molecule is Cc1c(NS(C)(=O)=O)cccc1N(Cc1ccccc1)Cc1ccc(Oc2ccc(OCCCC(=O)N(C)CC(=O)O)cc2)cc1. The molecule has 10 nitrogen and oxygen atoms in total. The minimum Gasteiger partial charge on any atom is -0.494 e. The highest BCUT2D eigenvalue weighted by molar-refractivity contribution is 7.92. The Morgan fingerprint density at radius 3 is 2.00 bits per heavy atom. The summed E-state index contributed by atoms with van der Waals surface area (Å²) in [4.78, 5) is 26.1. The number of ether oxygens (including phenoxy) is 2. The zero-order valence-corrected chi connectivity index (χ0v) is 27.0. The number of carboxylic acid groups (broad SMARTS) is 1. The molecule has 242 valence electrons. The largest absolute Gasteiger partial charge is 0.494 e. The number of rotatable bonds is 16. The van der Waals surface area contributed by atoms with Crippen molar-refractivity contribution < 1.29 is 32.6 Å². The summed E-state index contributed by atoms with van der Waals surface area (Å²) in [6, 6.07) is 30.8. The van der Waals surface area contributed by atoms with Crippen LogP contribution >= 0.6 is 0 Å². The molecule has 0 heterocycles. The number of carboxylic acids is 1. The molecule has 2 N–H and O–H groups in total. The Kier molecular flexibility index (Phi) is 11.6. The lowest BCUT2D eigenvalue weighted by Gasteiger charge is -2.28. The zero-order chi connectivity index (χ0) is 33.1. The Hall–Kier alpha value is -5.03. The van der Waals surface area contributed by atoms with Crippen molar-refractivity contribution in [3.63, 3.8) is 0 Å². The van der Waals surface area contributed by atoms with Crippen LogP contribution in [0.3, 0.4) is 0 Å². The predicted octanol–water partition coefficient (Wildman–Crippen LogP) is 6.07. The Morgan fingerprint density at radius 2 is 1.39 bits per heavy atom. The van der Waals surface area contributed by atoms with Crippen molar-refractivity contribution in [2.24, 2.45) is 0 Å². The number of sulfonamides is 1. The van der Waals surface area contributed by atoms with Crippen LogP contribution in [0.1, 0.15) is 29.5 Å². The third kappa shape index (κ3) is 10.6. The molecule has 0 saturated carbocycles. The fourth-order valence-corrected chi connectivity index (χ4v) is 5.45. The highest BCUT2D eigenvalue weighted by Gasteiger charge is 2.16. The van der Waals surface area contributed by atoms with E-state index in [1.54, 1.807) is 30.3 Å². The van der Waals surface area contributed by atoms with Gasteiger partial charge in [0.25, 0.3) is 0 Å². The maximum absolute atomic E-state index is 12.0. The maximum Gasteiger partial charge on any atom is 0.323 e. The van der Waals surface area contributed by atoms with Crippen LogP contribution in [-0.2, 0) is 32.7 Å². The van der Waals surface area contributed by atoms with Gasteiger partial charge in [-0.05, 0) is 78.6 Å². The molecular formula is C35H39N3O7S. The van der Waals surface area contributed by atoms with Gasteiger partial charge in [-0.3, -0.25) is 14.3 Å². The quantitative estimate of drug-likeness (QED) is 0.141. The Balaban J connectivity index is 1.37. The number of amides is 1. The number of likely N-dealkylation sites (N-methyl/N-ethyl adjacent to an activating group) is 1. The van der Waals surface area contributed by atoms with Gasteiger partial charge >= 0.3 is 5.97 Å². The van der Waals surface area contributed by atoms with Crippen LogP contribution in [0, 0.1) is 6.92 Å². The Labute approximate surface area is 270 Å². The standard InChI is InChI=1S/C35H39N3O7S/c1-26-32(36-46(3,42)43)11-7-12-33(26)38(23-27-9-5-4-6-10-27)24-28-14-16-30(17-15-28)45-31-20-18-29(19-21-31)44-22-8-13-34(39)37(2)25-35(40)41/h4-7,9-12,14-21,36H,8,13,22-25H2,1-3H3,(H,40,41). The number of aliphatic carboxylic acids is 1. The summed E-state index contributed by atoms with van der Waals surface area (Å²) in [7, 11) is -1.96. The lowest BCUT2D eigenvalue weighted by Crippen LogP contribution is -2.31. The fourth-order valence-electron chi connectivity index (χ4n) is 4.83. The van der Waals surface area contributed by atoms with Crippen molar-refractivity contribution in [1.82, 2.24) is 4.90 Å². The molecule has 1 amide bonds. The van der Waals surface area contributed by atoms with E-state index in [-0.39, 0.29) is 18.9 Å². The fraction of sp³-hybridized carbons (Fsp3) is 0.257. The molecule has 0 radical (unpaired) electrons. The highest BCUT2D eigenvalue weighted by Crippen LogP contribution is 2.31. The van der Waals surface area contributed by atoms with E-state index in [0.29, 0.717) is 49.1 Å². The molecule has 0 aromatic heterocycles. The van der Waals surface area contributed by atoms with Gasteiger partial charge in [0.15, 0.2) is 0 Å². The first-order valence-corrected chi connectivity index (χ1v) is 16.7. The average Bonchev–Trinajstić information content (AvgIpc) is 3.01. The summed E-state index contributed by atoms with van der Waals surface area (Å²) in [5, 5.41) is 8.79. The number of carbonyl (C=O) groups is 2. The van der Waals surface area contributed by atoms with Crippen molar-refractivity contribution in [3.05, 3.63) is 114 Å². The zero-order valence-electron chi connectivity index (χ0n) is 26.2. The molecule has 0 aliphatic heterocycles. The lowest BCUT2D eigenvalue weighted by atomic mass is 10.1. The van der Waals surface area contributed by atoms with Gasteiger partial charge in [0.2, 0.25) is 15.9 Å². The van der Waals surface area contributed by atoms with E-state index >= 15 is 0 Å². The molecule has 0 fully saturated rings. The summed E-state index contributed by atoms with van der Waals surface area (Å²) in [5.41, 5.74) is 4.51. The number of nitrogens with one attached hydrogen (secondary N) is 1. The van der Waals surface area contributed by atoms with Crippen LogP contribution < -0.4 is 19.1 Å². The maximum atomic E-state index is 12.0. The van der Waals surface area contributed by atoms with Gasteiger partial charge in [-0.15, -0.1) is 0 Å². The van der Waals surface area contributed by atoms with Crippen LogP contribution in [0.15, 0.2) is 97.1 Å². The van der Waals surface area contributed by atoms with Crippen molar-refractivity contribution in [3.8, 4) is 17.2 Å². The molecule has 0 bridgehead atoms. The molecule has 11 heteroatoms. The van der Waals surface area contributed by atoms with Crippen LogP contribution in [0.25, 0.3) is 0 Å². The molecule has 0 spiro atoms. The first-order valence-electron chi connectivity index (χ1n) is 14.8. The van der Waals surface area contributed by atoms with Gasteiger partial charge < -0.3 is 24.4 Å². The Morgan fingerprint density at radius 1 is 0.804 bits per heavy atom. The predicted molar refractivity (Wildman–Crippen MR) is 179 cm³/mol. The molecule has 0 unspecified atom stereocenters. The lowest BCUT2D eigenvalue weighted by molar-refractivity contribution is -0.143. The van der Waals surface area contributed by atoms with E-state index in [0.717, 1.165) is 28.6 Å². The summed E-state index contributed by atoms with van der Waals surface area (Å²) in [6.45, 7) is 3.14. The highest BCUT2D eigenvalue weighted by atomic mass is 32.2. The minimum absolute atomic E-state index is 0.206. The summed E-state index contributed by atoms with van der Waals surface area (Å²) < 4.78 is 38.3. The van der Waals surface area contributed by atoms with Crippen molar-refractivity contribution >= 4 is 33.3 Å². The molecule has 0 saturated heterocycles. The normalized spacial score (nSPS) is 11.0. The van der Waals surface area contributed by atoms with Crippen molar-refractivity contribution in [1.29, 1.82) is 0 Å². The van der Waals surface area contributed by atoms with Gasteiger partial charge in [-0.2, -0.15) is 0 Å². The number of benzene rings is 4. The average molecular weight is 646 g/mol. The molecule has 46 heavy (non-hydrogen) atoms. The molecule has 0 atom stereocenters. The van der Waals surface area contributed by atoms with E-state index in [1.807, 2.05) is 61.5 Å². The van der Waals surface area contributed by atoms with E-state index < -0.39 is 16.0 Å². The van der Waals surface area contributed by atoms with Gasteiger partial charge in [0.05, 0.1) is 18.6 Å². The molecule has 0 aliphatic rings. The van der Waals surface area contributed by atoms with Crippen LogP contribution in [0.5, 0.6) is 17.2 Å². The third-order valence-corrected chi connectivity index (χ3v) is 7.71. The van der Waals surface area contributed by atoms with Gasteiger partial charge in [-0.25, -0.2) is 8.42 Å². The van der Waals surface area contributed by atoms with E-state index in [9.17, 15) is 18.0 Å². The van der Waals surface area contributed by atoms with Crippen LogP contribution in [0.2, 0.25) is 0 Å². The molecule has 4 aromatic carbocycles. The second-order valence-corrected chi connectivity index (χ2v) is 12.7. The summed E-state index contributed by atoms with van der Waals surface area (Å²) in [5.74, 6) is 0.665. The number of carbonyl (C=O) groups excluding carboxylic acids is 1. The van der Waals surface area contributed by atoms with Crippen molar-refractivity contribution in [2.45, 2.75) is 32.9 Å². The number of hydrogen-bond acceptors (Lipinski definition) is 7.